The van der Waals surface area contributed by atoms with Gasteiger partial charge < -0.3 is 9.80 Å². The van der Waals surface area contributed by atoms with Crippen molar-refractivity contribution < 1.29 is 0 Å². The van der Waals surface area contributed by atoms with E-state index < -0.39 is 0 Å². The molecule has 0 aliphatic carbocycles. The Morgan fingerprint density at radius 3 is 2.52 bits per heavy atom. The standard InChI is InChI=1S/C17H26N4/c1-19-6-4-17(13-19)21-11-14-7-15(12-21)10-20(9-14)16-3-2-5-18-8-16/h2-3,5,8,14-15,17H,4,6-7,9-13H2,1H3. The fraction of sp³-hybridized carbons (Fsp3) is 0.706. The molecule has 0 aromatic carbocycles. The van der Waals surface area contributed by atoms with Gasteiger partial charge in [0.25, 0.3) is 0 Å². The zero-order valence-electron chi connectivity index (χ0n) is 13.0. The van der Waals surface area contributed by atoms with Gasteiger partial charge in [-0.15, -0.1) is 0 Å². The van der Waals surface area contributed by atoms with E-state index in [1.807, 2.05) is 12.4 Å². The number of aromatic nitrogens is 1. The quantitative estimate of drug-likeness (QED) is 0.822. The molecule has 3 saturated heterocycles. The summed E-state index contributed by atoms with van der Waals surface area (Å²) in [6, 6.07) is 5.07. The number of hydrogen-bond donors (Lipinski definition) is 0. The number of anilines is 1. The maximum Gasteiger partial charge on any atom is 0.0552 e. The summed E-state index contributed by atoms with van der Waals surface area (Å²) in [7, 11) is 2.26. The number of likely N-dealkylation sites (tertiary alicyclic amines) is 2. The summed E-state index contributed by atoms with van der Waals surface area (Å²) in [6.45, 7) is 7.56. The van der Waals surface area contributed by atoms with Crippen molar-refractivity contribution in [2.45, 2.75) is 18.9 Å². The highest BCUT2D eigenvalue weighted by atomic mass is 15.3. The summed E-state index contributed by atoms with van der Waals surface area (Å²) in [5.41, 5.74) is 1.31. The maximum absolute atomic E-state index is 4.28. The number of piperidine rings is 2. The van der Waals surface area contributed by atoms with E-state index in [1.54, 1.807) is 0 Å². The van der Waals surface area contributed by atoms with Crippen LogP contribution in [0.1, 0.15) is 12.8 Å². The zero-order chi connectivity index (χ0) is 14.2. The molecule has 0 spiro atoms. The van der Waals surface area contributed by atoms with Crippen molar-refractivity contribution in [3.05, 3.63) is 24.5 Å². The van der Waals surface area contributed by atoms with Crippen LogP contribution in [0.3, 0.4) is 0 Å². The van der Waals surface area contributed by atoms with Crippen LogP contribution in [-0.2, 0) is 0 Å². The Kier molecular flexibility index (Phi) is 3.59. The van der Waals surface area contributed by atoms with Crippen molar-refractivity contribution in [3.63, 3.8) is 0 Å². The molecule has 4 heterocycles. The van der Waals surface area contributed by atoms with Crippen LogP contribution in [0.15, 0.2) is 24.5 Å². The third-order valence-corrected chi connectivity index (χ3v) is 5.50. The SMILES string of the molecule is CN1CCC(N2CC3CC(CN(c4cccnc4)C3)C2)C1. The molecule has 2 bridgehead atoms. The van der Waals surface area contributed by atoms with Gasteiger partial charge in [0, 0.05) is 45.0 Å². The second kappa shape index (κ2) is 5.58. The van der Waals surface area contributed by atoms with E-state index in [0.717, 1.165) is 17.9 Å². The highest BCUT2D eigenvalue weighted by Crippen LogP contribution is 2.33. The first-order chi connectivity index (χ1) is 10.3. The van der Waals surface area contributed by atoms with Crippen molar-refractivity contribution in [3.8, 4) is 0 Å². The van der Waals surface area contributed by atoms with Crippen LogP contribution in [0.5, 0.6) is 0 Å². The average Bonchev–Trinajstić information content (AvgIpc) is 2.94. The van der Waals surface area contributed by atoms with Gasteiger partial charge in [0.2, 0.25) is 0 Å². The van der Waals surface area contributed by atoms with E-state index in [9.17, 15) is 0 Å². The molecule has 1 aromatic rings. The van der Waals surface area contributed by atoms with E-state index in [1.165, 1.54) is 57.8 Å². The highest BCUT2D eigenvalue weighted by molar-refractivity contribution is 5.44. The summed E-state index contributed by atoms with van der Waals surface area (Å²) in [4.78, 5) is 12.1. The van der Waals surface area contributed by atoms with Gasteiger partial charge in [0.15, 0.2) is 0 Å². The van der Waals surface area contributed by atoms with E-state index in [0.29, 0.717) is 0 Å². The Balaban J connectivity index is 1.43. The van der Waals surface area contributed by atoms with Crippen LogP contribution < -0.4 is 4.90 Å². The third kappa shape index (κ3) is 2.79. The Labute approximate surface area is 127 Å². The van der Waals surface area contributed by atoms with E-state index in [-0.39, 0.29) is 0 Å². The fourth-order valence-electron chi connectivity index (χ4n) is 4.58. The lowest BCUT2D eigenvalue weighted by molar-refractivity contribution is 0.0744. The van der Waals surface area contributed by atoms with Crippen molar-refractivity contribution in [1.82, 2.24) is 14.8 Å². The van der Waals surface area contributed by atoms with Crippen LogP contribution in [-0.4, -0.2) is 67.1 Å². The van der Waals surface area contributed by atoms with Crippen LogP contribution >= 0.6 is 0 Å². The van der Waals surface area contributed by atoms with Crippen LogP contribution in [0, 0.1) is 11.8 Å². The van der Waals surface area contributed by atoms with Gasteiger partial charge in [0.05, 0.1) is 11.9 Å². The van der Waals surface area contributed by atoms with Gasteiger partial charge in [-0.1, -0.05) is 0 Å². The molecule has 114 valence electrons. The molecule has 21 heavy (non-hydrogen) atoms. The normalized spacial score (nSPS) is 34.3. The first kappa shape index (κ1) is 13.5. The van der Waals surface area contributed by atoms with Gasteiger partial charge in [-0.3, -0.25) is 9.88 Å². The lowest BCUT2D eigenvalue weighted by atomic mass is 9.83. The molecule has 3 aliphatic rings. The molecule has 0 radical (unpaired) electrons. The molecule has 0 saturated carbocycles. The van der Waals surface area contributed by atoms with Crippen LogP contribution in [0.25, 0.3) is 0 Å². The number of pyridine rings is 1. The van der Waals surface area contributed by atoms with Crippen LogP contribution in [0.2, 0.25) is 0 Å². The lowest BCUT2D eigenvalue weighted by Gasteiger charge is -2.48. The molecule has 1 aromatic heterocycles. The number of fused-ring (bicyclic) bond motifs is 2. The Morgan fingerprint density at radius 2 is 1.90 bits per heavy atom. The number of likely N-dealkylation sites (N-methyl/N-ethyl adjacent to an activating group) is 1. The predicted molar refractivity (Wildman–Crippen MR) is 85.5 cm³/mol. The van der Waals surface area contributed by atoms with E-state index in [4.69, 9.17) is 0 Å². The van der Waals surface area contributed by atoms with Crippen LogP contribution in [0.4, 0.5) is 5.69 Å². The van der Waals surface area contributed by atoms with E-state index in [2.05, 4.69) is 38.9 Å². The molecule has 3 atom stereocenters. The Bertz CT molecular complexity index is 463. The predicted octanol–water partition coefficient (Wildman–Crippen LogP) is 1.54. The average molecular weight is 286 g/mol. The monoisotopic (exact) mass is 286 g/mol. The maximum atomic E-state index is 4.28. The molecule has 3 fully saturated rings. The molecule has 0 amide bonds. The first-order valence-corrected chi connectivity index (χ1v) is 8.35. The zero-order valence-corrected chi connectivity index (χ0v) is 13.0. The van der Waals surface area contributed by atoms with Gasteiger partial charge >= 0.3 is 0 Å². The highest BCUT2D eigenvalue weighted by Gasteiger charge is 2.37. The topological polar surface area (TPSA) is 22.6 Å². The second-order valence-corrected chi connectivity index (χ2v) is 7.24. The fourth-order valence-corrected chi connectivity index (χ4v) is 4.58. The Morgan fingerprint density at radius 1 is 1.10 bits per heavy atom. The largest absolute Gasteiger partial charge is 0.370 e. The number of rotatable bonds is 2. The molecule has 0 N–H and O–H groups in total. The van der Waals surface area contributed by atoms with Crippen molar-refractivity contribution in [2.24, 2.45) is 11.8 Å². The molecular formula is C17H26N4. The number of nitrogens with zero attached hydrogens (tertiary/aromatic N) is 4. The van der Waals surface area contributed by atoms with Gasteiger partial charge in [-0.25, -0.2) is 0 Å². The molecular weight excluding hydrogens is 260 g/mol. The summed E-state index contributed by atoms with van der Waals surface area (Å²) < 4.78 is 0. The summed E-state index contributed by atoms with van der Waals surface area (Å²) in [5.74, 6) is 1.67. The molecule has 4 rings (SSSR count). The lowest BCUT2D eigenvalue weighted by Crippen LogP contribution is -2.55. The van der Waals surface area contributed by atoms with Crippen molar-refractivity contribution >= 4 is 5.69 Å². The first-order valence-electron chi connectivity index (χ1n) is 8.35. The summed E-state index contributed by atoms with van der Waals surface area (Å²) >= 11 is 0. The van der Waals surface area contributed by atoms with Gasteiger partial charge in [0.1, 0.15) is 0 Å². The van der Waals surface area contributed by atoms with Crippen molar-refractivity contribution in [1.29, 1.82) is 0 Å². The number of hydrogen-bond acceptors (Lipinski definition) is 4. The van der Waals surface area contributed by atoms with Gasteiger partial charge in [-0.2, -0.15) is 0 Å². The molecule has 4 nitrogen and oxygen atoms in total. The smallest absolute Gasteiger partial charge is 0.0552 e. The van der Waals surface area contributed by atoms with Gasteiger partial charge in [-0.05, 0) is 50.4 Å². The molecule has 4 heteroatoms. The second-order valence-electron chi connectivity index (χ2n) is 7.24. The summed E-state index contributed by atoms with van der Waals surface area (Å²) in [6.07, 6.45) is 6.68. The minimum atomic E-state index is 0.810. The molecule has 3 aliphatic heterocycles. The summed E-state index contributed by atoms with van der Waals surface area (Å²) in [5, 5.41) is 0. The molecule has 3 unspecified atom stereocenters. The van der Waals surface area contributed by atoms with Crippen molar-refractivity contribution in [2.75, 3.05) is 51.2 Å². The van der Waals surface area contributed by atoms with E-state index >= 15 is 0 Å². The minimum absolute atomic E-state index is 0.810. The third-order valence-electron chi connectivity index (χ3n) is 5.50. The Hall–Kier alpha value is -1.13. The minimum Gasteiger partial charge on any atom is -0.370 e.